The minimum atomic E-state index is 0.728. The fraction of sp³-hybridized carbons (Fsp3) is 1.00. The molecule has 0 amide bonds. The number of hydrogen-bond donors (Lipinski definition) is 1. The van der Waals surface area contributed by atoms with E-state index in [0.717, 1.165) is 17.2 Å². The smallest absolute Gasteiger partial charge is 0.0195 e. The highest BCUT2D eigenvalue weighted by molar-refractivity contribution is 7.99. The van der Waals surface area contributed by atoms with E-state index in [1.54, 1.807) is 0 Å². The SMILES string of the molecule is CC1CCSC(C(C)C)CN1. The summed E-state index contributed by atoms with van der Waals surface area (Å²) >= 11 is 2.13. The Morgan fingerprint density at radius 1 is 1.45 bits per heavy atom. The van der Waals surface area contributed by atoms with Gasteiger partial charge in [0.2, 0.25) is 0 Å². The molecule has 1 heterocycles. The van der Waals surface area contributed by atoms with Crippen LogP contribution in [0.3, 0.4) is 0 Å². The van der Waals surface area contributed by atoms with Crippen LogP contribution >= 0.6 is 11.8 Å². The van der Waals surface area contributed by atoms with Crippen LogP contribution in [-0.2, 0) is 0 Å². The molecule has 0 radical (unpaired) electrons. The highest BCUT2D eigenvalue weighted by Gasteiger charge is 2.18. The lowest BCUT2D eigenvalue weighted by atomic mass is 10.1. The molecule has 1 fully saturated rings. The molecule has 1 saturated heterocycles. The Balaban J connectivity index is 2.34. The molecule has 1 aliphatic rings. The second-order valence-corrected chi connectivity index (χ2v) is 5.10. The third-order valence-corrected chi connectivity index (χ3v) is 3.90. The molecule has 0 aromatic rings. The molecule has 1 nitrogen and oxygen atoms in total. The zero-order valence-electron chi connectivity index (χ0n) is 7.76. The lowest BCUT2D eigenvalue weighted by Gasteiger charge is -2.17. The number of nitrogens with one attached hydrogen (secondary N) is 1. The lowest BCUT2D eigenvalue weighted by Crippen LogP contribution is -2.31. The van der Waals surface area contributed by atoms with E-state index in [0.29, 0.717) is 0 Å². The third-order valence-electron chi connectivity index (χ3n) is 2.29. The minimum Gasteiger partial charge on any atom is -0.313 e. The molecular weight excluding hydrogens is 154 g/mol. The number of thioether (sulfide) groups is 1. The van der Waals surface area contributed by atoms with Crippen LogP contribution in [0.1, 0.15) is 27.2 Å². The van der Waals surface area contributed by atoms with E-state index in [1.165, 1.54) is 18.7 Å². The molecule has 0 bridgehead atoms. The van der Waals surface area contributed by atoms with Gasteiger partial charge in [-0.15, -0.1) is 0 Å². The summed E-state index contributed by atoms with van der Waals surface area (Å²) in [6.07, 6.45) is 1.33. The summed E-state index contributed by atoms with van der Waals surface area (Å²) in [5.74, 6) is 2.15. The van der Waals surface area contributed by atoms with Gasteiger partial charge in [0.25, 0.3) is 0 Å². The summed E-state index contributed by atoms with van der Waals surface area (Å²) in [5, 5.41) is 4.39. The van der Waals surface area contributed by atoms with Crippen LogP contribution in [0.5, 0.6) is 0 Å². The zero-order valence-corrected chi connectivity index (χ0v) is 8.58. The van der Waals surface area contributed by atoms with E-state index in [2.05, 4.69) is 37.8 Å². The van der Waals surface area contributed by atoms with Gasteiger partial charge in [-0.25, -0.2) is 0 Å². The largest absolute Gasteiger partial charge is 0.313 e. The van der Waals surface area contributed by atoms with Crippen LogP contribution in [0.2, 0.25) is 0 Å². The summed E-state index contributed by atoms with van der Waals surface area (Å²) in [7, 11) is 0. The maximum atomic E-state index is 3.56. The standard InChI is InChI=1S/C9H19NS/c1-7(2)9-6-10-8(3)4-5-11-9/h7-10H,4-6H2,1-3H3. The first-order chi connectivity index (χ1) is 5.20. The monoisotopic (exact) mass is 173 g/mol. The molecule has 1 aliphatic heterocycles. The van der Waals surface area contributed by atoms with Crippen LogP contribution in [-0.4, -0.2) is 23.6 Å². The van der Waals surface area contributed by atoms with E-state index in [4.69, 9.17) is 0 Å². The Morgan fingerprint density at radius 3 is 2.82 bits per heavy atom. The maximum absolute atomic E-state index is 3.56. The summed E-state index contributed by atoms with van der Waals surface area (Å²) in [5.41, 5.74) is 0. The molecule has 2 heteroatoms. The molecule has 0 aromatic carbocycles. The second-order valence-electron chi connectivity index (χ2n) is 3.75. The summed E-state index contributed by atoms with van der Waals surface area (Å²) in [6, 6.07) is 0.728. The van der Waals surface area contributed by atoms with Crippen molar-refractivity contribution in [1.29, 1.82) is 0 Å². The highest BCUT2D eigenvalue weighted by Crippen LogP contribution is 2.22. The van der Waals surface area contributed by atoms with Crippen LogP contribution in [0.4, 0.5) is 0 Å². The maximum Gasteiger partial charge on any atom is 0.0195 e. The predicted octanol–water partition coefficient (Wildman–Crippen LogP) is 2.13. The number of rotatable bonds is 1. The van der Waals surface area contributed by atoms with Gasteiger partial charge in [-0.1, -0.05) is 13.8 Å². The first-order valence-electron chi connectivity index (χ1n) is 4.55. The average molecular weight is 173 g/mol. The quantitative estimate of drug-likeness (QED) is 0.652. The van der Waals surface area contributed by atoms with Gasteiger partial charge in [0.15, 0.2) is 0 Å². The van der Waals surface area contributed by atoms with E-state index in [9.17, 15) is 0 Å². The van der Waals surface area contributed by atoms with Crippen molar-refractivity contribution in [3.8, 4) is 0 Å². The van der Waals surface area contributed by atoms with E-state index in [1.807, 2.05) is 0 Å². The molecule has 0 aromatic heterocycles. The first-order valence-corrected chi connectivity index (χ1v) is 5.60. The normalized spacial score (nSPS) is 33.8. The highest BCUT2D eigenvalue weighted by atomic mass is 32.2. The molecule has 0 saturated carbocycles. The van der Waals surface area contributed by atoms with Crippen molar-refractivity contribution in [1.82, 2.24) is 5.32 Å². The zero-order chi connectivity index (χ0) is 8.27. The van der Waals surface area contributed by atoms with Crippen molar-refractivity contribution in [2.24, 2.45) is 5.92 Å². The second kappa shape index (κ2) is 4.36. The van der Waals surface area contributed by atoms with Gasteiger partial charge >= 0.3 is 0 Å². The molecule has 0 spiro atoms. The Kier molecular flexibility index (Phi) is 3.73. The average Bonchev–Trinajstić information content (AvgIpc) is 2.13. The van der Waals surface area contributed by atoms with Gasteiger partial charge in [-0.05, 0) is 25.0 Å². The lowest BCUT2D eigenvalue weighted by molar-refractivity contribution is 0.504. The van der Waals surface area contributed by atoms with Crippen LogP contribution < -0.4 is 5.32 Å². The Hall–Kier alpha value is 0.310. The molecule has 1 N–H and O–H groups in total. The van der Waals surface area contributed by atoms with Gasteiger partial charge in [-0.2, -0.15) is 11.8 Å². The fourth-order valence-electron chi connectivity index (χ4n) is 1.30. The molecule has 1 rings (SSSR count). The van der Waals surface area contributed by atoms with Crippen molar-refractivity contribution in [2.45, 2.75) is 38.5 Å². The van der Waals surface area contributed by atoms with Crippen molar-refractivity contribution < 1.29 is 0 Å². The van der Waals surface area contributed by atoms with Crippen molar-refractivity contribution in [3.63, 3.8) is 0 Å². The molecule has 11 heavy (non-hydrogen) atoms. The number of hydrogen-bond acceptors (Lipinski definition) is 2. The van der Waals surface area contributed by atoms with E-state index in [-0.39, 0.29) is 0 Å². The topological polar surface area (TPSA) is 12.0 Å². The van der Waals surface area contributed by atoms with E-state index < -0.39 is 0 Å². The van der Waals surface area contributed by atoms with Gasteiger partial charge in [0.05, 0.1) is 0 Å². The van der Waals surface area contributed by atoms with Gasteiger partial charge in [-0.3, -0.25) is 0 Å². The van der Waals surface area contributed by atoms with Crippen LogP contribution in [0.25, 0.3) is 0 Å². The predicted molar refractivity (Wildman–Crippen MR) is 53.2 cm³/mol. The van der Waals surface area contributed by atoms with Crippen molar-refractivity contribution >= 4 is 11.8 Å². The minimum absolute atomic E-state index is 0.728. The Morgan fingerprint density at radius 2 is 2.18 bits per heavy atom. The van der Waals surface area contributed by atoms with Crippen molar-refractivity contribution in [2.75, 3.05) is 12.3 Å². The summed E-state index contributed by atoms with van der Waals surface area (Å²) < 4.78 is 0. The van der Waals surface area contributed by atoms with Gasteiger partial charge < -0.3 is 5.32 Å². The molecule has 0 aliphatic carbocycles. The van der Waals surface area contributed by atoms with Gasteiger partial charge in [0.1, 0.15) is 0 Å². The van der Waals surface area contributed by atoms with Crippen LogP contribution in [0.15, 0.2) is 0 Å². The first kappa shape index (κ1) is 9.40. The molecule has 66 valence electrons. The summed E-state index contributed by atoms with van der Waals surface area (Å²) in [4.78, 5) is 0. The van der Waals surface area contributed by atoms with Crippen LogP contribution in [0, 0.1) is 5.92 Å². The third kappa shape index (κ3) is 3.04. The molecule has 2 atom stereocenters. The van der Waals surface area contributed by atoms with Gasteiger partial charge in [0, 0.05) is 17.8 Å². The van der Waals surface area contributed by atoms with Crippen molar-refractivity contribution in [3.05, 3.63) is 0 Å². The molecular formula is C9H19NS. The molecule has 2 unspecified atom stereocenters. The fourth-order valence-corrected chi connectivity index (χ4v) is 2.69. The summed E-state index contributed by atoms with van der Waals surface area (Å²) in [6.45, 7) is 8.11. The Bertz CT molecular complexity index is 114. The Labute approximate surface area is 74.3 Å². The van der Waals surface area contributed by atoms with E-state index >= 15 is 0 Å².